The van der Waals surface area contributed by atoms with Crippen molar-refractivity contribution >= 4 is 16.7 Å². The molecule has 0 saturated heterocycles. The molecule has 0 spiro atoms. The highest BCUT2D eigenvalue weighted by atomic mass is 16.1. The van der Waals surface area contributed by atoms with E-state index in [1.165, 1.54) is 0 Å². The van der Waals surface area contributed by atoms with Crippen LogP contribution in [-0.4, -0.2) is 17.4 Å². The van der Waals surface area contributed by atoms with Crippen molar-refractivity contribution in [3.8, 4) is 0 Å². The topological polar surface area (TPSA) is 42.0 Å². The minimum absolute atomic E-state index is 0.00346. The Morgan fingerprint density at radius 3 is 2.74 bits per heavy atom. The minimum atomic E-state index is -0.00346. The van der Waals surface area contributed by atoms with Crippen molar-refractivity contribution in [2.24, 2.45) is 0 Å². The zero-order valence-corrected chi connectivity index (χ0v) is 11.8. The molecule has 2 aromatic rings. The normalized spacial score (nSPS) is 10.7. The van der Waals surface area contributed by atoms with E-state index in [0.29, 0.717) is 12.1 Å². The van der Waals surface area contributed by atoms with Gasteiger partial charge >= 0.3 is 0 Å². The van der Waals surface area contributed by atoms with Gasteiger partial charge in [-0.2, -0.15) is 0 Å². The molecule has 1 aromatic carbocycles. The number of nitrogens with one attached hydrogen (secondary N) is 1. The zero-order chi connectivity index (χ0) is 13.8. The molecule has 3 heteroatoms. The number of fused-ring (bicyclic) bond motifs is 1. The number of carbonyl (C=O) groups is 1. The first kappa shape index (κ1) is 13.5. The molecule has 0 aliphatic heterocycles. The first-order valence-electron chi connectivity index (χ1n) is 6.84. The Bertz CT molecular complexity index is 605. The Balaban J connectivity index is 2.43. The number of hydrogen-bond donors (Lipinski definition) is 1. The number of carbonyl (C=O) groups excluding carboxylic acids is 1. The number of hydrogen-bond acceptors (Lipinski definition) is 2. The first-order valence-corrected chi connectivity index (χ1v) is 6.84. The number of nitrogens with zero attached hydrogens (tertiary/aromatic N) is 1. The molecular formula is C16H20N2O. The predicted octanol–water partition coefficient (Wildman–Crippen LogP) is 3.25. The monoisotopic (exact) mass is 256 g/mol. The van der Waals surface area contributed by atoms with E-state index in [2.05, 4.69) is 17.2 Å². The van der Waals surface area contributed by atoms with Crippen LogP contribution in [0.4, 0.5) is 0 Å². The van der Waals surface area contributed by atoms with Crippen molar-refractivity contribution in [2.75, 3.05) is 6.54 Å². The van der Waals surface area contributed by atoms with E-state index in [-0.39, 0.29) is 5.91 Å². The van der Waals surface area contributed by atoms with Gasteiger partial charge in [0.1, 0.15) is 0 Å². The summed E-state index contributed by atoms with van der Waals surface area (Å²) in [6.45, 7) is 6.85. The molecule has 0 atom stereocenters. The number of benzene rings is 1. The van der Waals surface area contributed by atoms with Crippen molar-refractivity contribution in [1.82, 2.24) is 10.3 Å². The fraction of sp³-hybridized carbons (Fsp3) is 0.375. The number of amides is 1. The molecule has 1 amide bonds. The molecule has 0 unspecified atom stereocenters. The largest absolute Gasteiger partial charge is 0.352 e. The van der Waals surface area contributed by atoms with Crippen LogP contribution in [-0.2, 0) is 6.42 Å². The molecule has 0 radical (unpaired) electrons. The average Bonchev–Trinajstić information content (AvgIpc) is 2.42. The van der Waals surface area contributed by atoms with Crippen LogP contribution in [0.15, 0.2) is 24.3 Å². The highest BCUT2D eigenvalue weighted by Gasteiger charge is 2.08. The summed E-state index contributed by atoms with van der Waals surface area (Å²) in [5, 5.41) is 5.13. The fourth-order valence-corrected chi connectivity index (χ4v) is 2.23. The van der Waals surface area contributed by atoms with Gasteiger partial charge in [-0.1, -0.05) is 19.9 Å². The van der Waals surface area contributed by atoms with Crippen LogP contribution in [0.25, 0.3) is 10.8 Å². The lowest BCUT2D eigenvalue weighted by molar-refractivity contribution is 0.0954. The molecule has 2 rings (SSSR count). The summed E-state index contributed by atoms with van der Waals surface area (Å²) >= 11 is 0. The number of pyridine rings is 1. The highest BCUT2D eigenvalue weighted by Crippen LogP contribution is 2.20. The van der Waals surface area contributed by atoms with Gasteiger partial charge < -0.3 is 5.32 Å². The van der Waals surface area contributed by atoms with E-state index in [0.717, 1.165) is 35.0 Å². The summed E-state index contributed by atoms with van der Waals surface area (Å²) in [4.78, 5) is 16.5. The zero-order valence-electron chi connectivity index (χ0n) is 11.8. The highest BCUT2D eigenvalue weighted by molar-refractivity contribution is 5.99. The predicted molar refractivity (Wildman–Crippen MR) is 78.5 cm³/mol. The Hall–Kier alpha value is -1.90. The summed E-state index contributed by atoms with van der Waals surface area (Å²) in [6.07, 6.45) is 1.85. The van der Waals surface area contributed by atoms with Crippen LogP contribution in [0, 0.1) is 6.92 Å². The lowest BCUT2D eigenvalue weighted by atomic mass is 10.0. The van der Waals surface area contributed by atoms with Crippen molar-refractivity contribution < 1.29 is 4.79 Å². The SMILES string of the molecule is CCCNC(=O)c1ccc2c(CC)nc(C)cc2c1. The van der Waals surface area contributed by atoms with E-state index in [1.54, 1.807) is 0 Å². The van der Waals surface area contributed by atoms with Crippen LogP contribution >= 0.6 is 0 Å². The quantitative estimate of drug-likeness (QED) is 0.912. The van der Waals surface area contributed by atoms with Gasteiger partial charge in [0.15, 0.2) is 0 Å². The second-order valence-electron chi connectivity index (χ2n) is 4.76. The first-order chi connectivity index (χ1) is 9.15. The fourth-order valence-electron chi connectivity index (χ4n) is 2.23. The van der Waals surface area contributed by atoms with Crippen molar-refractivity contribution in [1.29, 1.82) is 0 Å². The Morgan fingerprint density at radius 1 is 1.26 bits per heavy atom. The van der Waals surface area contributed by atoms with E-state index < -0.39 is 0 Å². The molecule has 1 heterocycles. The molecule has 100 valence electrons. The van der Waals surface area contributed by atoms with Gasteiger partial charge in [-0.25, -0.2) is 0 Å². The van der Waals surface area contributed by atoms with Gasteiger partial charge in [-0.05, 0) is 43.4 Å². The minimum Gasteiger partial charge on any atom is -0.352 e. The van der Waals surface area contributed by atoms with Crippen LogP contribution in [0.3, 0.4) is 0 Å². The smallest absolute Gasteiger partial charge is 0.251 e. The molecular weight excluding hydrogens is 236 g/mol. The molecule has 0 saturated carbocycles. The third-order valence-corrected chi connectivity index (χ3v) is 3.17. The van der Waals surface area contributed by atoms with Gasteiger partial charge in [0.25, 0.3) is 5.91 Å². The number of aromatic nitrogens is 1. The summed E-state index contributed by atoms with van der Waals surface area (Å²) in [7, 11) is 0. The third-order valence-electron chi connectivity index (χ3n) is 3.17. The van der Waals surface area contributed by atoms with E-state index >= 15 is 0 Å². The molecule has 0 aliphatic carbocycles. The third kappa shape index (κ3) is 2.92. The number of rotatable bonds is 4. The lowest BCUT2D eigenvalue weighted by Gasteiger charge is -2.08. The summed E-state index contributed by atoms with van der Waals surface area (Å²) in [6, 6.07) is 7.87. The van der Waals surface area contributed by atoms with E-state index in [9.17, 15) is 4.79 Å². The van der Waals surface area contributed by atoms with Gasteiger partial charge in [0.05, 0.1) is 0 Å². The van der Waals surface area contributed by atoms with Crippen LogP contribution in [0.2, 0.25) is 0 Å². The molecule has 0 bridgehead atoms. The molecule has 19 heavy (non-hydrogen) atoms. The summed E-state index contributed by atoms with van der Waals surface area (Å²) < 4.78 is 0. The Kier molecular flexibility index (Phi) is 4.15. The van der Waals surface area contributed by atoms with Crippen molar-refractivity contribution in [3.63, 3.8) is 0 Å². The maximum Gasteiger partial charge on any atom is 0.251 e. The maximum absolute atomic E-state index is 12.0. The van der Waals surface area contributed by atoms with Crippen LogP contribution in [0.5, 0.6) is 0 Å². The van der Waals surface area contributed by atoms with Gasteiger partial charge in [0, 0.05) is 28.9 Å². The second kappa shape index (κ2) is 5.83. The maximum atomic E-state index is 12.0. The molecule has 1 aromatic heterocycles. The summed E-state index contributed by atoms with van der Waals surface area (Å²) in [5.41, 5.74) is 2.81. The van der Waals surface area contributed by atoms with Crippen LogP contribution in [0.1, 0.15) is 42.0 Å². The second-order valence-corrected chi connectivity index (χ2v) is 4.76. The van der Waals surface area contributed by atoms with Gasteiger partial charge in [-0.3, -0.25) is 9.78 Å². The molecule has 3 nitrogen and oxygen atoms in total. The molecule has 0 fully saturated rings. The number of aryl methyl sites for hydroxylation is 2. The lowest BCUT2D eigenvalue weighted by Crippen LogP contribution is -2.23. The average molecular weight is 256 g/mol. The molecule has 1 N–H and O–H groups in total. The molecule has 0 aliphatic rings. The van der Waals surface area contributed by atoms with Crippen molar-refractivity contribution in [2.45, 2.75) is 33.6 Å². The Morgan fingerprint density at radius 2 is 2.05 bits per heavy atom. The van der Waals surface area contributed by atoms with Crippen molar-refractivity contribution in [3.05, 3.63) is 41.2 Å². The standard InChI is InChI=1S/C16H20N2O/c1-4-8-17-16(19)12-6-7-14-13(10-12)9-11(3)18-15(14)5-2/h6-7,9-10H,4-5,8H2,1-3H3,(H,17,19). The summed E-state index contributed by atoms with van der Waals surface area (Å²) in [5.74, 6) is -0.00346. The van der Waals surface area contributed by atoms with E-state index in [1.807, 2.05) is 38.1 Å². The van der Waals surface area contributed by atoms with E-state index in [4.69, 9.17) is 0 Å². The van der Waals surface area contributed by atoms with Crippen LogP contribution < -0.4 is 5.32 Å². The van der Waals surface area contributed by atoms with Gasteiger partial charge in [0.2, 0.25) is 0 Å². The van der Waals surface area contributed by atoms with Gasteiger partial charge in [-0.15, -0.1) is 0 Å². The Labute approximate surface area is 114 Å².